The molecule has 0 aromatic rings. The van der Waals surface area contributed by atoms with Gasteiger partial charge in [-0.15, -0.1) is 24.8 Å². The van der Waals surface area contributed by atoms with Crippen LogP contribution in [0.15, 0.2) is 0 Å². The number of nitrogens with zero attached hydrogens (tertiary/aromatic N) is 1. The van der Waals surface area contributed by atoms with Crippen LogP contribution in [-0.2, 0) is 0 Å². The van der Waals surface area contributed by atoms with Gasteiger partial charge in [0.25, 0.3) is 0 Å². The summed E-state index contributed by atoms with van der Waals surface area (Å²) in [5.41, 5.74) is 5.54. The van der Waals surface area contributed by atoms with Crippen LogP contribution in [0.1, 0.15) is 13.3 Å². The van der Waals surface area contributed by atoms with Crippen molar-refractivity contribution in [2.75, 3.05) is 14.1 Å². The lowest BCUT2D eigenvalue weighted by Crippen LogP contribution is -2.35. The molecule has 0 saturated carbocycles. The van der Waals surface area contributed by atoms with Crippen LogP contribution in [0.4, 0.5) is 0 Å². The first-order valence-electron chi connectivity index (χ1n) is 2.60. The van der Waals surface area contributed by atoms with E-state index in [9.17, 15) is 0 Å². The number of hydrogen-bond acceptors (Lipinski definition) is 2. The number of hydrogen-bond donors (Lipinski definition) is 1. The van der Waals surface area contributed by atoms with Crippen LogP contribution < -0.4 is 5.73 Å². The lowest BCUT2D eigenvalue weighted by molar-refractivity contribution is 0.293. The Morgan fingerprint density at radius 3 is 1.67 bits per heavy atom. The molecule has 60 valence electrons. The molecule has 2 N–H and O–H groups in total. The second kappa shape index (κ2) is 8.50. The van der Waals surface area contributed by atoms with Gasteiger partial charge in [0, 0.05) is 0 Å². The Hall–Kier alpha value is 0.500. The maximum atomic E-state index is 5.54. The molecule has 0 saturated heterocycles. The summed E-state index contributed by atoms with van der Waals surface area (Å²) in [5, 5.41) is 0. The predicted octanol–water partition coefficient (Wildman–Crippen LogP) is 1.09. The Morgan fingerprint density at radius 1 is 1.33 bits per heavy atom. The third kappa shape index (κ3) is 8.50. The summed E-state index contributed by atoms with van der Waals surface area (Å²) >= 11 is 0. The third-order valence-corrected chi connectivity index (χ3v) is 1.08. The highest BCUT2D eigenvalue weighted by Crippen LogP contribution is 1.86. The smallest absolute Gasteiger partial charge is 0.0563 e. The van der Waals surface area contributed by atoms with Gasteiger partial charge in [0.1, 0.15) is 0 Å². The van der Waals surface area contributed by atoms with E-state index in [1.807, 2.05) is 19.0 Å². The highest BCUT2D eigenvalue weighted by Gasteiger charge is 1.97. The molecule has 0 radical (unpaired) electrons. The average Bonchev–Trinajstić information content (AvgIpc) is 1.65. The maximum absolute atomic E-state index is 5.54. The van der Waals surface area contributed by atoms with E-state index in [-0.39, 0.29) is 31.0 Å². The summed E-state index contributed by atoms with van der Waals surface area (Å²) in [6.07, 6.45) is 1.26. The minimum Gasteiger partial charge on any atom is -0.316 e. The van der Waals surface area contributed by atoms with Crippen molar-refractivity contribution in [3.05, 3.63) is 0 Å². The quantitative estimate of drug-likeness (QED) is 0.636. The van der Waals surface area contributed by atoms with Gasteiger partial charge in [-0.25, -0.2) is 0 Å². The minimum absolute atomic E-state index is 0. The maximum Gasteiger partial charge on any atom is 0.0563 e. The summed E-state index contributed by atoms with van der Waals surface area (Å²) in [4.78, 5) is 2.00. The molecule has 0 aromatic heterocycles. The van der Waals surface area contributed by atoms with Gasteiger partial charge in [0.15, 0.2) is 0 Å². The summed E-state index contributed by atoms with van der Waals surface area (Å²) in [5.74, 6) is 0. The van der Waals surface area contributed by atoms with Crippen molar-refractivity contribution >= 4 is 24.8 Å². The van der Waals surface area contributed by atoms with Crippen LogP contribution in [0.3, 0.4) is 0 Å². The van der Waals surface area contributed by atoms with Gasteiger partial charge < -0.3 is 5.73 Å². The summed E-state index contributed by atoms with van der Waals surface area (Å²) in [7, 11) is 3.96. The zero-order chi connectivity index (χ0) is 5.86. The lowest BCUT2D eigenvalue weighted by Gasteiger charge is -2.16. The Kier molecular flexibility index (Phi) is 15.3. The van der Waals surface area contributed by atoms with Crippen LogP contribution in [0.2, 0.25) is 0 Å². The fourth-order valence-corrected chi connectivity index (χ4v) is 0.365. The van der Waals surface area contributed by atoms with Crippen molar-refractivity contribution in [1.29, 1.82) is 0 Å². The number of halogens is 2. The van der Waals surface area contributed by atoms with Gasteiger partial charge >= 0.3 is 0 Å². The van der Waals surface area contributed by atoms with E-state index in [4.69, 9.17) is 5.73 Å². The second-order valence-corrected chi connectivity index (χ2v) is 1.94. The molecular formula is C5H16Cl2N2. The van der Waals surface area contributed by atoms with E-state index < -0.39 is 0 Å². The molecule has 0 rings (SSSR count). The van der Waals surface area contributed by atoms with Gasteiger partial charge in [-0.05, 0) is 20.5 Å². The Balaban J connectivity index is -0.000000180. The molecule has 0 aliphatic carbocycles. The molecule has 4 heteroatoms. The first-order valence-corrected chi connectivity index (χ1v) is 2.60. The topological polar surface area (TPSA) is 29.3 Å². The van der Waals surface area contributed by atoms with Gasteiger partial charge in [-0.3, -0.25) is 4.90 Å². The van der Waals surface area contributed by atoms with Gasteiger partial charge in [0.05, 0.1) is 6.17 Å². The molecule has 0 aromatic carbocycles. The largest absolute Gasteiger partial charge is 0.316 e. The van der Waals surface area contributed by atoms with Crippen LogP contribution in [0.5, 0.6) is 0 Å². The van der Waals surface area contributed by atoms with Crippen LogP contribution in [-0.4, -0.2) is 25.2 Å². The average molecular weight is 175 g/mol. The fourth-order valence-electron chi connectivity index (χ4n) is 0.365. The molecule has 2 nitrogen and oxygen atoms in total. The molecule has 1 atom stereocenters. The molecule has 9 heavy (non-hydrogen) atoms. The van der Waals surface area contributed by atoms with E-state index in [0.717, 1.165) is 6.42 Å². The highest BCUT2D eigenvalue weighted by molar-refractivity contribution is 5.85. The van der Waals surface area contributed by atoms with Crippen molar-refractivity contribution in [1.82, 2.24) is 4.90 Å². The molecule has 0 aliphatic rings. The van der Waals surface area contributed by atoms with Gasteiger partial charge in [-0.2, -0.15) is 0 Å². The second-order valence-electron chi connectivity index (χ2n) is 1.94. The van der Waals surface area contributed by atoms with E-state index in [2.05, 4.69) is 6.92 Å². The lowest BCUT2D eigenvalue weighted by atomic mass is 10.4. The summed E-state index contributed by atoms with van der Waals surface area (Å²) in [6, 6.07) is 0. The monoisotopic (exact) mass is 174 g/mol. The van der Waals surface area contributed by atoms with E-state index in [0.29, 0.717) is 0 Å². The molecular weight excluding hydrogens is 159 g/mol. The van der Waals surface area contributed by atoms with Gasteiger partial charge in [0.2, 0.25) is 0 Å². The van der Waals surface area contributed by atoms with Crippen molar-refractivity contribution in [3.63, 3.8) is 0 Å². The zero-order valence-corrected chi connectivity index (χ0v) is 7.76. The summed E-state index contributed by atoms with van der Waals surface area (Å²) < 4.78 is 0. The molecule has 0 spiro atoms. The number of rotatable bonds is 2. The third-order valence-electron chi connectivity index (χ3n) is 1.08. The van der Waals surface area contributed by atoms with Crippen molar-refractivity contribution in [3.8, 4) is 0 Å². The Morgan fingerprint density at radius 2 is 1.67 bits per heavy atom. The Bertz CT molecular complexity index is 50.2. The normalized spacial score (nSPS) is 11.7. The molecule has 0 amide bonds. The first-order chi connectivity index (χ1) is 3.18. The van der Waals surface area contributed by atoms with Crippen molar-refractivity contribution < 1.29 is 0 Å². The van der Waals surface area contributed by atoms with Crippen LogP contribution in [0, 0.1) is 0 Å². The Labute approximate surface area is 69.6 Å². The summed E-state index contributed by atoms with van der Waals surface area (Å²) in [6.45, 7) is 2.07. The van der Waals surface area contributed by atoms with Crippen LogP contribution in [0.25, 0.3) is 0 Å². The van der Waals surface area contributed by atoms with E-state index in [1.165, 1.54) is 0 Å². The van der Waals surface area contributed by atoms with Gasteiger partial charge in [-0.1, -0.05) is 6.92 Å². The van der Waals surface area contributed by atoms with E-state index >= 15 is 0 Å². The minimum atomic E-state index is 0. The zero-order valence-electron chi connectivity index (χ0n) is 6.13. The fraction of sp³-hybridized carbons (Fsp3) is 1.00. The molecule has 1 unspecified atom stereocenters. The van der Waals surface area contributed by atoms with Crippen LogP contribution >= 0.6 is 24.8 Å². The molecule has 0 heterocycles. The first kappa shape index (κ1) is 16.2. The predicted molar refractivity (Wildman–Crippen MR) is 46.4 cm³/mol. The van der Waals surface area contributed by atoms with E-state index in [1.54, 1.807) is 0 Å². The molecule has 0 fully saturated rings. The number of nitrogens with two attached hydrogens (primary N) is 1. The molecule has 0 aliphatic heterocycles. The van der Waals surface area contributed by atoms with Crippen molar-refractivity contribution in [2.45, 2.75) is 19.5 Å². The highest BCUT2D eigenvalue weighted by atomic mass is 35.5. The van der Waals surface area contributed by atoms with Crippen molar-refractivity contribution in [2.24, 2.45) is 5.73 Å². The molecule has 0 bridgehead atoms. The standard InChI is InChI=1S/C5H14N2.2ClH/c1-4-5(6)7(2)3;;/h5H,4,6H2,1-3H3;2*1H. The SMILES string of the molecule is CCC(N)N(C)C.Cl.Cl.